The van der Waals surface area contributed by atoms with Gasteiger partial charge in [-0.1, -0.05) is 48.0 Å². The first kappa shape index (κ1) is 20.8. The summed E-state index contributed by atoms with van der Waals surface area (Å²) in [5.74, 6) is 0.947. The maximum absolute atomic E-state index is 12.7. The van der Waals surface area contributed by atoms with E-state index in [2.05, 4.69) is 10.3 Å². The average Bonchev–Trinajstić information content (AvgIpc) is 3.27. The molecule has 5 aromatic rings. The zero-order valence-corrected chi connectivity index (χ0v) is 18.3. The minimum absolute atomic E-state index is 0.217. The van der Waals surface area contributed by atoms with Crippen molar-refractivity contribution in [1.82, 2.24) is 4.98 Å². The molecule has 1 aromatic heterocycles. The minimum Gasteiger partial charge on any atom is -0.489 e. The fourth-order valence-electron chi connectivity index (χ4n) is 3.40. The van der Waals surface area contributed by atoms with Crippen molar-refractivity contribution in [3.05, 3.63) is 113 Å². The van der Waals surface area contributed by atoms with Crippen molar-refractivity contribution < 1.29 is 13.9 Å². The SMILES string of the molecule is O=C(Nc1cccc(-c2nc3cc(Cl)ccc3o2)c1)c1ccc(OCc2ccccc2)cc1. The number of nitrogens with one attached hydrogen (secondary N) is 1. The van der Waals surface area contributed by atoms with Gasteiger partial charge in [-0.3, -0.25) is 4.79 Å². The van der Waals surface area contributed by atoms with Crippen LogP contribution in [0.15, 0.2) is 101 Å². The number of nitrogens with zero attached hydrogens (tertiary/aromatic N) is 1. The summed E-state index contributed by atoms with van der Waals surface area (Å²) in [6, 6.07) is 29.6. The fraction of sp³-hybridized carbons (Fsp3) is 0.0370. The van der Waals surface area contributed by atoms with Crippen molar-refractivity contribution in [3.63, 3.8) is 0 Å². The van der Waals surface area contributed by atoms with Gasteiger partial charge < -0.3 is 14.5 Å². The lowest BCUT2D eigenvalue weighted by atomic mass is 10.1. The predicted molar refractivity (Wildman–Crippen MR) is 130 cm³/mol. The molecular formula is C27H19ClN2O3. The molecule has 4 aromatic carbocycles. The van der Waals surface area contributed by atoms with Crippen LogP contribution in [0.1, 0.15) is 15.9 Å². The third-order valence-corrected chi connectivity index (χ3v) is 5.32. The van der Waals surface area contributed by atoms with Crippen LogP contribution in [0.2, 0.25) is 5.02 Å². The Morgan fingerprint density at radius 2 is 1.73 bits per heavy atom. The van der Waals surface area contributed by atoms with Gasteiger partial charge in [0.25, 0.3) is 5.91 Å². The molecule has 0 atom stereocenters. The number of fused-ring (bicyclic) bond motifs is 1. The summed E-state index contributed by atoms with van der Waals surface area (Å²) in [5, 5.41) is 3.52. The number of anilines is 1. The molecule has 33 heavy (non-hydrogen) atoms. The highest BCUT2D eigenvalue weighted by molar-refractivity contribution is 6.31. The average molecular weight is 455 g/mol. The van der Waals surface area contributed by atoms with Crippen LogP contribution in [0.3, 0.4) is 0 Å². The van der Waals surface area contributed by atoms with Crippen molar-refractivity contribution in [2.75, 3.05) is 5.32 Å². The second-order valence-corrected chi connectivity index (χ2v) is 7.90. The van der Waals surface area contributed by atoms with Crippen LogP contribution >= 0.6 is 11.6 Å². The van der Waals surface area contributed by atoms with Gasteiger partial charge in [-0.05, 0) is 66.2 Å². The Kier molecular flexibility index (Phi) is 5.79. The Labute approximate surface area is 195 Å². The lowest BCUT2D eigenvalue weighted by Gasteiger charge is -2.09. The first-order valence-electron chi connectivity index (χ1n) is 10.4. The molecule has 0 saturated carbocycles. The maximum Gasteiger partial charge on any atom is 0.255 e. The van der Waals surface area contributed by atoms with Crippen LogP contribution in [0, 0.1) is 0 Å². The molecule has 0 saturated heterocycles. The van der Waals surface area contributed by atoms with Crippen molar-refractivity contribution in [3.8, 4) is 17.2 Å². The molecule has 1 N–H and O–H groups in total. The summed E-state index contributed by atoms with van der Waals surface area (Å²) in [5.41, 5.74) is 4.34. The molecule has 162 valence electrons. The van der Waals surface area contributed by atoms with Gasteiger partial charge in [-0.25, -0.2) is 4.98 Å². The smallest absolute Gasteiger partial charge is 0.255 e. The molecule has 0 aliphatic rings. The van der Waals surface area contributed by atoms with Gasteiger partial charge in [-0.2, -0.15) is 0 Å². The number of amides is 1. The summed E-state index contributed by atoms with van der Waals surface area (Å²) in [4.78, 5) is 17.2. The van der Waals surface area contributed by atoms with E-state index in [-0.39, 0.29) is 5.91 Å². The number of hydrogen-bond acceptors (Lipinski definition) is 4. The normalized spacial score (nSPS) is 10.8. The van der Waals surface area contributed by atoms with E-state index in [1.807, 2.05) is 54.6 Å². The summed E-state index contributed by atoms with van der Waals surface area (Å²) in [6.07, 6.45) is 0. The van der Waals surface area contributed by atoms with E-state index >= 15 is 0 Å². The van der Waals surface area contributed by atoms with Gasteiger partial charge >= 0.3 is 0 Å². The zero-order chi connectivity index (χ0) is 22.6. The number of oxazole rings is 1. The standard InChI is InChI=1S/C27H19ClN2O3/c28-21-11-14-25-24(16-21)30-27(33-25)20-7-4-8-22(15-20)29-26(31)19-9-12-23(13-10-19)32-17-18-5-2-1-3-6-18/h1-16H,17H2,(H,29,31). The third-order valence-electron chi connectivity index (χ3n) is 5.08. The van der Waals surface area contributed by atoms with Crippen LogP contribution in [0.25, 0.3) is 22.6 Å². The molecule has 0 unspecified atom stereocenters. The quantitative estimate of drug-likeness (QED) is 0.300. The van der Waals surface area contributed by atoms with Crippen LogP contribution in [0.5, 0.6) is 5.75 Å². The summed E-state index contributed by atoms with van der Waals surface area (Å²) < 4.78 is 11.6. The van der Waals surface area contributed by atoms with Crippen molar-refractivity contribution in [1.29, 1.82) is 0 Å². The summed E-state index contributed by atoms with van der Waals surface area (Å²) >= 11 is 6.03. The highest BCUT2D eigenvalue weighted by Crippen LogP contribution is 2.28. The molecule has 0 aliphatic carbocycles. The molecule has 0 fully saturated rings. The third kappa shape index (κ3) is 4.89. The highest BCUT2D eigenvalue weighted by Gasteiger charge is 2.11. The van der Waals surface area contributed by atoms with Crippen molar-refractivity contribution in [2.24, 2.45) is 0 Å². The van der Waals surface area contributed by atoms with Crippen LogP contribution in [-0.2, 0) is 6.61 Å². The van der Waals surface area contributed by atoms with Gasteiger partial charge in [0.1, 0.15) is 17.9 Å². The lowest BCUT2D eigenvalue weighted by molar-refractivity contribution is 0.102. The van der Waals surface area contributed by atoms with E-state index in [0.717, 1.165) is 11.1 Å². The predicted octanol–water partition coefficient (Wildman–Crippen LogP) is 6.98. The minimum atomic E-state index is -0.217. The van der Waals surface area contributed by atoms with E-state index in [1.54, 1.807) is 42.5 Å². The second kappa shape index (κ2) is 9.18. The van der Waals surface area contributed by atoms with E-state index in [9.17, 15) is 4.79 Å². The molecule has 1 heterocycles. The van der Waals surface area contributed by atoms with E-state index in [1.165, 1.54) is 0 Å². The molecule has 0 aliphatic heterocycles. The molecule has 1 amide bonds. The van der Waals surface area contributed by atoms with Crippen molar-refractivity contribution in [2.45, 2.75) is 6.61 Å². The van der Waals surface area contributed by atoms with Gasteiger partial charge in [0.2, 0.25) is 5.89 Å². The number of ether oxygens (including phenoxy) is 1. The Balaban J connectivity index is 1.26. The van der Waals surface area contributed by atoms with Gasteiger partial charge in [0.05, 0.1) is 0 Å². The maximum atomic E-state index is 12.7. The molecule has 5 rings (SSSR count). The van der Waals surface area contributed by atoms with E-state index < -0.39 is 0 Å². The molecule has 6 heteroatoms. The summed E-state index contributed by atoms with van der Waals surface area (Å²) in [6.45, 7) is 0.473. The Hall–Kier alpha value is -4.09. The van der Waals surface area contributed by atoms with Crippen molar-refractivity contribution >= 4 is 34.3 Å². The first-order valence-corrected chi connectivity index (χ1v) is 10.8. The lowest BCUT2D eigenvalue weighted by Crippen LogP contribution is -2.11. The van der Waals surface area contributed by atoms with Gasteiger partial charge in [-0.15, -0.1) is 0 Å². The number of aromatic nitrogens is 1. The topological polar surface area (TPSA) is 64.4 Å². The van der Waals surface area contributed by atoms with E-state index in [4.69, 9.17) is 20.8 Å². The summed E-state index contributed by atoms with van der Waals surface area (Å²) in [7, 11) is 0. The van der Waals surface area contributed by atoms with Crippen LogP contribution < -0.4 is 10.1 Å². The Morgan fingerprint density at radius 3 is 2.55 bits per heavy atom. The monoisotopic (exact) mass is 454 g/mol. The molecular weight excluding hydrogens is 436 g/mol. The largest absolute Gasteiger partial charge is 0.489 e. The first-order chi connectivity index (χ1) is 16.1. The number of hydrogen-bond donors (Lipinski definition) is 1. The van der Waals surface area contributed by atoms with E-state index in [0.29, 0.717) is 45.6 Å². The highest BCUT2D eigenvalue weighted by atomic mass is 35.5. The zero-order valence-electron chi connectivity index (χ0n) is 17.5. The fourth-order valence-corrected chi connectivity index (χ4v) is 3.57. The van der Waals surface area contributed by atoms with Gasteiger partial charge in [0, 0.05) is 21.8 Å². The van der Waals surface area contributed by atoms with Crippen LogP contribution in [-0.4, -0.2) is 10.9 Å². The molecule has 0 spiro atoms. The number of rotatable bonds is 6. The van der Waals surface area contributed by atoms with Gasteiger partial charge in [0.15, 0.2) is 5.58 Å². The molecule has 5 nitrogen and oxygen atoms in total. The Morgan fingerprint density at radius 1 is 0.909 bits per heavy atom. The number of carbonyl (C=O) groups is 1. The van der Waals surface area contributed by atoms with Crippen LogP contribution in [0.4, 0.5) is 5.69 Å². The number of benzene rings is 4. The molecule has 0 radical (unpaired) electrons. The Bertz CT molecular complexity index is 1410. The molecule has 0 bridgehead atoms. The second-order valence-electron chi connectivity index (χ2n) is 7.46. The number of halogens is 1. The number of carbonyl (C=O) groups excluding carboxylic acids is 1.